The number of anilines is 1. The molecular weight excluding hydrogens is 212 g/mol. The first-order valence-electron chi connectivity index (χ1n) is 6.17. The summed E-state index contributed by atoms with van der Waals surface area (Å²) in [5, 5.41) is 12.3. The molecule has 90 valence electrons. The van der Waals surface area contributed by atoms with Gasteiger partial charge >= 0.3 is 0 Å². The number of likely N-dealkylation sites (tertiary alicyclic amines) is 1. The van der Waals surface area contributed by atoms with E-state index in [2.05, 4.69) is 28.2 Å². The highest BCUT2D eigenvalue weighted by Gasteiger charge is 2.18. The van der Waals surface area contributed by atoms with Crippen LogP contribution in [0.15, 0.2) is 18.3 Å². The quantitative estimate of drug-likeness (QED) is 0.861. The van der Waals surface area contributed by atoms with E-state index in [0.29, 0.717) is 11.7 Å². The molecule has 1 unspecified atom stereocenters. The standard InChI is InChI=1S/C13H18N4/c1-2-17-7-3-4-12(10-17)16-11-5-6-15-13(8-11)9-14/h5-6,8,12H,2-4,7,10H2,1H3,(H,15,16). The molecule has 0 saturated carbocycles. The summed E-state index contributed by atoms with van der Waals surface area (Å²) in [5.41, 5.74) is 1.47. The van der Waals surface area contributed by atoms with Gasteiger partial charge in [0.2, 0.25) is 0 Å². The zero-order chi connectivity index (χ0) is 12.1. The van der Waals surface area contributed by atoms with Crippen LogP contribution in [-0.4, -0.2) is 35.6 Å². The minimum absolute atomic E-state index is 0.471. The van der Waals surface area contributed by atoms with Gasteiger partial charge in [-0.05, 0) is 38.1 Å². The fraction of sp³-hybridized carbons (Fsp3) is 0.538. The molecule has 2 rings (SSSR count). The van der Waals surface area contributed by atoms with Gasteiger partial charge in [-0.2, -0.15) is 5.26 Å². The van der Waals surface area contributed by atoms with Gasteiger partial charge in [0.05, 0.1) is 0 Å². The third-order valence-corrected chi connectivity index (χ3v) is 3.20. The summed E-state index contributed by atoms with van der Waals surface area (Å²) >= 11 is 0. The van der Waals surface area contributed by atoms with Gasteiger partial charge in [0.15, 0.2) is 0 Å². The lowest BCUT2D eigenvalue weighted by molar-refractivity contribution is 0.227. The second-order valence-electron chi connectivity index (χ2n) is 4.42. The van der Waals surface area contributed by atoms with Crippen LogP contribution in [0.25, 0.3) is 0 Å². The van der Waals surface area contributed by atoms with Gasteiger partial charge in [-0.15, -0.1) is 0 Å². The Kier molecular flexibility index (Phi) is 3.94. The van der Waals surface area contributed by atoms with E-state index >= 15 is 0 Å². The monoisotopic (exact) mass is 230 g/mol. The Morgan fingerprint density at radius 2 is 2.53 bits per heavy atom. The highest BCUT2D eigenvalue weighted by atomic mass is 15.2. The minimum Gasteiger partial charge on any atom is -0.381 e. The minimum atomic E-state index is 0.471. The van der Waals surface area contributed by atoms with E-state index in [1.165, 1.54) is 19.4 Å². The summed E-state index contributed by atoms with van der Waals surface area (Å²) in [7, 11) is 0. The van der Waals surface area contributed by atoms with Crippen molar-refractivity contribution in [1.82, 2.24) is 9.88 Å². The SMILES string of the molecule is CCN1CCCC(Nc2ccnc(C#N)c2)C1. The van der Waals surface area contributed by atoms with Crippen molar-refractivity contribution >= 4 is 5.69 Å². The maximum atomic E-state index is 8.80. The molecule has 0 amide bonds. The Morgan fingerprint density at radius 1 is 1.65 bits per heavy atom. The van der Waals surface area contributed by atoms with E-state index in [0.717, 1.165) is 18.8 Å². The Bertz CT molecular complexity index is 410. The van der Waals surface area contributed by atoms with Gasteiger partial charge in [0.1, 0.15) is 11.8 Å². The van der Waals surface area contributed by atoms with Crippen molar-refractivity contribution in [3.8, 4) is 6.07 Å². The van der Waals surface area contributed by atoms with E-state index in [1.807, 2.05) is 12.1 Å². The van der Waals surface area contributed by atoms with Gasteiger partial charge in [-0.25, -0.2) is 4.98 Å². The number of rotatable bonds is 3. The number of nitriles is 1. The normalized spacial score (nSPS) is 20.8. The van der Waals surface area contributed by atoms with Crippen LogP contribution in [0.2, 0.25) is 0 Å². The zero-order valence-corrected chi connectivity index (χ0v) is 10.2. The number of piperidine rings is 1. The van der Waals surface area contributed by atoms with Gasteiger partial charge in [-0.3, -0.25) is 0 Å². The number of hydrogen-bond acceptors (Lipinski definition) is 4. The lowest BCUT2D eigenvalue weighted by Gasteiger charge is -2.32. The van der Waals surface area contributed by atoms with Crippen LogP contribution in [0.5, 0.6) is 0 Å². The second kappa shape index (κ2) is 5.65. The molecule has 1 aliphatic heterocycles. The van der Waals surface area contributed by atoms with Crippen molar-refractivity contribution in [3.63, 3.8) is 0 Å². The highest BCUT2D eigenvalue weighted by Crippen LogP contribution is 2.16. The molecule has 1 N–H and O–H groups in total. The van der Waals surface area contributed by atoms with E-state index in [4.69, 9.17) is 5.26 Å². The molecule has 17 heavy (non-hydrogen) atoms. The fourth-order valence-corrected chi connectivity index (χ4v) is 2.28. The van der Waals surface area contributed by atoms with Crippen LogP contribution < -0.4 is 5.32 Å². The molecule has 0 aliphatic carbocycles. The Hall–Kier alpha value is -1.60. The first-order valence-corrected chi connectivity index (χ1v) is 6.17. The summed E-state index contributed by atoms with van der Waals surface area (Å²) in [4.78, 5) is 6.42. The van der Waals surface area contributed by atoms with E-state index in [-0.39, 0.29) is 0 Å². The van der Waals surface area contributed by atoms with Gasteiger partial charge in [0, 0.05) is 24.5 Å². The van der Waals surface area contributed by atoms with Crippen LogP contribution in [0.3, 0.4) is 0 Å². The fourth-order valence-electron chi connectivity index (χ4n) is 2.28. The first-order chi connectivity index (χ1) is 8.31. The number of pyridine rings is 1. The lowest BCUT2D eigenvalue weighted by atomic mass is 10.1. The number of nitrogens with zero attached hydrogens (tertiary/aromatic N) is 3. The predicted molar refractivity (Wildman–Crippen MR) is 67.7 cm³/mol. The van der Waals surface area contributed by atoms with Crippen molar-refractivity contribution < 1.29 is 0 Å². The Labute approximate surface area is 102 Å². The van der Waals surface area contributed by atoms with Crippen LogP contribution in [0.1, 0.15) is 25.5 Å². The number of hydrogen-bond donors (Lipinski definition) is 1. The van der Waals surface area contributed by atoms with Crippen LogP contribution in [0.4, 0.5) is 5.69 Å². The van der Waals surface area contributed by atoms with Crippen molar-refractivity contribution in [2.24, 2.45) is 0 Å². The van der Waals surface area contributed by atoms with E-state index in [1.54, 1.807) is 6.20 Å². The molecule has 0 spiro atoms. The third kappa shape index (κ3) is 3.18. The summed E-state index contributed by atoms with van der Waals surface area (Å²) in [5.74, 6) is 0. The Morgan fingerprint density at radius 3 is 3.29 bits per heavy atom. The zero-order valence-electron chi connectivity index (χ0n) is 10.2. The van der Waals surface area contributed by atoms with Crippen molar-refractivity contribution in [2.45, 2.75) is 25.8 Å². The molecule has 1 aromatic rings. The Balaban J connectivity index is 1.98. The molecule has 1 fully saturated rings. The number of aromatic nitrogens is 1. The average molecular weight is 230 g/mol. The van der Waals surface area contributed by atoms with Gasteiger partial charge in [-0.1, -0.05) is 6.92 Å². The third-order valence-electron chi connectivity index (χ3n) is 3.20. The van der Waals surface area contributed by atoms with E-state index in [9.17, 15) is 0 Å². The summed E-state index contributed by atoms with van der Waals surface area (Å²) in [6.07, 6.45) is 4.11. The van der Waals surface area contributed by atoms with Crippen molar-refractivity contribution in [3.05, 3.63) is 24.0 Å². The molecule has 1 aromatic heterocycles. The largest absolute Gasteiger partial charge is 0.381 e. The van der Waals surface area contributed by atoms with Gasteiger partial charge in [0.25, 0.3) is 0 Å². The van der Waals surface area contributed by atoms with Crippen LogP contribution in [0, 0.1) is 11.3 Å². The molecule has 2 heterocycles. The summed E-state index contributed by atoms with van der Waals surface area (Å²) < 4.78 is 0. The molecule has 4 nitrogen and oxygen atoms in total. The molecule has 0 radical (unpaired) electrons. The van der Waals surface area contributed by atoms with Crippen LogP contribution >= 0.6 is 0 Å². The lowest BCUT2D eigenvalue weighted by Crippen LogP contribution is -2.41. The molecule has 4 heteroatoms. The second-order valence-corrected chi connectivity index (χ2v) is 4.42. The summed E-state index contributed by atoms with van der Waals surface area (Å²) in [6, 6.07) is 6.28. The van der Waals surface area contributed by atoms with Crippen LogP contribution in [-0.2, 0) is 0 Å². The number of nitrogens with one attached hydrogen (secondary N) is 1. The molecule has 0 bridgehead atoms. The predicted octanol–water partition coefficient (Wildman–Crippen LogP) is 1.85. The van der Waals surface area contributed by atoms with Crippen molar-refractivity contribution in [1.29, 1.82) is 5.26 Å². The molecule has 0 aromatic carbocycles. The van der Waals surface area contributed by atoms with Gasteiger partial charge < -0.3 is 10.2 Å². The van der Waals surface area contributed by atoms with E-state index < -0.39 is 0 Å². The maximum absolute atomic E-state index is 8.80. The molecule has 1 atom stereocenters. The topological polar surface area (TPSA) is 52.0 Å². The summed E-state index contributed by atoms with van der Waals surface area (Å²) in [6.45, 7) is 5.59. The highest BCUT2D eigenvalue weighted by molar-refractivity contribution is 5.46. The van der Waals surface area contributed by atoms with Crippen molar-refractivity contribution in [2.75, 3.05) is 25.0 Å². The molecule has 1 saturated heterocycles. The number of likely N-dealkylation sites (N-methyl/N-ethyl adjacent to an activating group) is 1. The average Bonchev–Trinajstić information content (AvgIpc) is 2.39. The molecule has 1 aliphatic rings. The molecular formula is C13H18N4. The maximum Gasteiger partial charge on any atom is 0.142 e. The first kappa shape index (κ1) is 11.9. The smallest absolute Gasteiger partial charge is 0.142 e.